The third-order valence-electron chi connectivity index (χ3n) is 3.30. The van der Waals surface area contributed by atoms with E-state index in [2.05, 4.69) is 24.1 Å². The van der Waals surface area contributed by atoms with E-state index in [0.717, 1.165) is 26.1 Å². The predicted octanol–water partition coefficient (Wildman–Crippen LogP) is 0.714. The predicted molar refractivity (Wildman–Crippen MR) is 66.2 cm³/mol. The molecular formula is C12H25N3O. The lowest BCUT2D eigenvalue weighted by Gasteiger charge is -2.33. The number of nitrogens with two attached hydrogens (primary N) is 1. The number of nitrogens with zero attached hydrogens (tertiary/aromatic N) is 1. The second-order valence-corrected chi connectivity index (χ2v) is 4.92. The van der Waals surface area contributed by atoms with Gasteiger partial charge >= 0.3 is 0 Å². The molecule has 1 rings (SSSR count). The molecule has 4 heteroatoms. The van der Waals surface area contributed by atoms with Gasteiger partial charge in [-0.1, -0.05) is 13.8 Å². The molecule has 0 aromatic heterocycles. The van der Waals surface area contributed by atoms with Crippen LogP contribution in [0.5, 0.6) is 0 Å². The Morgan fingerprint density at radius 3 is 2.50 bits per heavy atom. The SMILES string of the molecule is CCCNC(C)(CN(CC)C1CC1)C(N)=O. The summed E-state index contributed by atoms with van der Waals surface area (Å²) in [7, 11) is 0. The van der Waals surface area contributed by atoms with Crippen LogP contribution in [0.15, 0.2) is 0 Å². The Bertz CT molecular complexity index is 240. The van der Waals surface area contributed by atoms with E-state index in [9.17, 15) is 4.79 Å². The number of rotatable bonds is 8. The number of carbonyl (C=O) groups is 1. The number of primary amides is 1. The smallest absolute Gasteiger partial charge is 0.238 e. The summed E-state index contributed by atoms with van der Waals surface area (Å²) >= 11 is 0. The number of carbonyl (C=O) groups excluding carboxylic acids is 1. The summed E-state index contributed by atoms with van der Waals surface area (Å²) in [5.74, 6) is -0.250. The van der Waals surface area contributed by atoms with Crippen LogP contribution in [-0.2, 0) is 4.79 Å². The highest BCUT2D eigenvalue weighted by molar-refractivity contribution is 5.84. The molecule has 0 radical (unpaired) electrons. The molecule has 1 fully saturated rings. The van der Waals surface area contributed by atoms with Crippen LogP contribution >= 0.6 is 0 Å². The zero-order chi connectivity index (χ0) is 12.2. The Morgan fingerprint density at radius 2 is 2.12 bits per heavy atom. The van der Waals surface area contributed by atoms with Gasteiger partial charge in [-0.25, -0.2) is 0 Å². The lowest BCUT2D eigenvalue weighted by Crippen LogP contribution is -2.60. The Hall–Kier alpha value is -0.610. The van der Waals surface area contributed by atoms with Gasteiger partial charge in [-0.05, 0) is 39.3 Å². The van der Waals surface area contributed by atoms with Crippen LogP contribution in [0.25, 0.3) is 0 Å². The van der Waals surface area contributed by atoms with E-state index in [4.69, 9.17) is 5.73 Å². The maximum Gasteiger partial charge on any atom is 0.238 e. The minimum Gasteiger partial charge on any atom is -0.368 e. The number of amides is 1. The van der Waals surface area contributed by atoms with Gasteiger partial charge in [0, 0.05) is 12.6 Å². The first-order valence-corrected chi connectivity index (χ1v) is 6.32. The summed E-state index contributed by atoms with van der Waals surface area (Å²) in [6, 6.07) is 0.673. The average molecular weight is 227 g/mol. The summed E-state index contributed by atoms with van der Waals surface area (Å²) in [5.41, 5.74) is 4.92. The van der Waals surface area contributed by atoms with Gasteiger partial charge in [0.05, 0.1) is 0 Å². The highest BCUT2D eigenvalue weighted by atomic mass is 16.1. The lowest BCUT2D eigenvalue weighted by molar-refractivity contribution is -0.124. The van der Waals surface area contributed by atoms with E-state index in [-0.39, 0.29) is 5.91 Å². The second-order valence-electron chi connectivity index (χ2n) is 4.92. The van der Waals surface area contributed by atoms with Crippen molar-refractivity contribution in [3.8, 4) is 0 Å². The van der Waals surface area contributed by atoms with Crippen molar-refractivity contribution in [3.05, 3.63) is 0 Å². The Balaban J connectivity index is 2.57. The maximum absolute atomic E-state index is 11.6. The molecule has 0 aromatic rings. The topological polar surface area (TPSA) is 58.4 Å². The van der Waals surface area contributed by atoms with Crippen molar-refractivity contribution in [1.82, 2.24) is 10.2 Å². The average Bonchev–Trinajstić information content (AvgIpc) is 3.06. The fourth-order valence-corrected chi connectivity index (χ4v) is 1.97. The molecule has 0 bridgehead atoms. The van der Waals surface area contributed by atoms with Crippen LogP contribution in [-0.4, -0.2) is 42.0 Å². The molecule has 0 aromatic carbocycles. The van der Waals surface area contributed by atoms with Gasteiger partial charge < -0.3 is 11.1 Å². The van der Waals surface area contributed by atoms with Crippen molar-refractivity contribution in [2.75, 3.05) is 19.6 Å². The standard InChI is InChI=1S/C12H25N3O/c1-4-8-14-12(3,11(13)16)9-15(5-2)10-6-7-10/h10,14H,4-9H2,1-3H3,(H2,13,16). The molecule has 0 aliphatic heterocycles. The molecule has 3 N–H and O–H groups in total. The normalized spacial score (nSPS) is 19.8. The Labute approximate surface area is 98.6 Å². The van der Waals surface area contributed by atoms with E-state index in [1.807, 2.05) is 6.92 Å². The van der Waals surface area contributed by atoms with Crippen molar-refractivity contribution < 1.29 is 4.79 Å². The number of hydrogen-bond donors (Lipinski definition) is 2. The summed E-state index contributed by atoms with van der Waals surface area (Å²) in [4.78, 5) is 13.9. The van der Waals surface area contributed by atoms with Crippen molar-refractivity contribution in [1.29, 1.82) is 0 Å². The van der Waals surface area contributed by atoms with Crippen LogP contribution in [0.2, 0.25) is 0 Å². The lowest BCUT2D eigenvalue weighted by atomic mass is 10.0. The molecule has 0 spiro atoms. The van der Waals surface area contributed by atoms with Gasteiger partial charge in [0.25, 0.3) is 0 Å². The van der Waals surface area contributed by atoms with Gasteiger partial charge in [0.1, 0.15) is 5.54 Å². The zero-order valence-corrected chi connectivity index (χ0v) is 10.8. The number of hydrogen-bond acceptors (Lipinski definition) is 3. The number of likely N-dealkylation sites (N-methyl/N-ethyl adjacent to an activating group) is 1. The van der Waals surface area contributed by atoms with Gasteiger partial charge in [0.15, 0.2) is 0 Å². The highest BCUT2D eigenvalue weighted by Crippen LogP contribution is 2.27. The zero-order valence-electron chi connectivity index (χ0n) is 10.8. The molecule has 4 nitrogen and oxygen atoms in total. The Kier molecular flexibility index (Phi) is 4.74. The quantitative estimate of drug-likeness (QED) is 0.642. The highest BCUT2D eigenvalue weighted by Gasteiger charge is 2.37. The van der Waals surface area contributed by atoms with Crippen LogP contribution in [0.4, 0.5) is 0 Å². The van der Waals surface area contributed by atoms with Crippen LogP contribution < -0.4 is 11.1 Å². The third-order valence-corrected chi connectivity index (χ3v) is 3.30. The number of nitrogens with one attached hydrogen (secondary N) is 1. The molecule has 94 valence electrons. The Morgan fingerprint density at radius 1 is 1.50 bits per heavy atom. The summed E-state index contributed by atoms with van der Waals surface area (Å²) in [5, 5.41) is 3.28. The minimum absolute atomic E-state index is 0.250. The van der Waals surface area contributed by atoms with Crippen molar-refractivity contribution in [2.45, 2.75) is 51.6 Å². The largest absolute Gasteiger partial charge is 0.368 e. The molecule has 1 atom stereocenters. The van der Waals surface area contributed by atoms with E-state index in [1.165, 1.54) is 12.8 Å². The van der Waals surface area contributed by atoms with Crippen molar-refractivity contribution in [3.63, 3.8) is 0 Å². The third kappa shape index (κ3) is 3.46. The molecule has 0 saturated heterocycles. The van der Waals surface area contributed by atoms with Crippen LogP contribution in [0, 0.1) is 0 Å². The summed E-state index contributed by atoms with van der Waals surface area (Å²) < 4.78 is 0. The molecule has 1 aliphatic rings. The van der Waals surface area contributed by atoms with Gasteiger partial charge in [-0.2, -0.15) is 0 Å². The van der Waals surface area contributed by atoms with Gasteiger partial charge in [0.2, 0.25) is 5.91 Å². The van der Waals surface area contributed by atoms with Gasteiger partial charge in [-0.3, -0.25) is 9.69 Å². The van der Waals surface area contributed by atoms with Crippen LogP contribution in [0.1, 0.15) is 40.0 Å². The molecule has 0 heterocycles. The molecule has 1 saturated carbocycles. The first-order chi connectivity index (χ1) is 7.53. The fourth-order valence-electron chi connectivity index (χ4n) is 1.97. The minimum atomic E-state index is -0.589. The van der Waals surface area contributed by atoms with Crippen LogP contribution in [0.3, 0.4) is 0 Å². The molecular weight excluding hydrogens is 202 g/mol. The fraction of sp³-hybridized carbons (Fsp3) is 0.917. The monoisotopic (exact) mass is 227 g/mol. The van der Waals surface area contributed by atoms with Crippen molar-refractivity contribution >= 4 is 5.91 Å². The van der Waals surface area contributed by atoms with E-state index < -0.39 is 5.54 Å². The molecule has 16 heavy (non-hydrogen) atoms. The van der Waals surface area contributed by atoms with Gasteiger partial charge in [-0.15, -0.1) is 0 Å². The molecule has 1 aliphatic carbocycles. The molecule has 1 unspecified atom stereocenters. The van der Waals surface area contributed by atoms with Crippen molar-refractivity contribution in [2.24, 2.45) is 5.73 Å². The summed E-state index contributed by atoms with van der Waals surface area (Å²) in [6.45, 7) is 8.69. The second kappa shape index (κ2) is 5.64. The first kappa shape index (κ1) is 13.5. The molecule has 1 amide bonds. The maximum atomic E-state index is 11.6. The van der Waals surface area contributed by atoms with E-state index >= 15 is 0 Å². The van der Waals surface area contributed by atoms with E-state index in [1.54, 1.807) is 0 Å². The first-order valence-electron chi connectivity index (χ1n) is 6.32. The van der Waals surface area contributed by atoms with E-state index in [0.29, 0.717) is 6.04 Å². The summed E-state index contributed by atoms with van der Waals surface area (Å²) in [6.07, 6.45) is 3.53.